The third-order valence-corrected chi connectivity index (χ3v) is 5.31. The second-order valence-corrected chi connectivity index (χ2v) is 6.99. The molecule has 25 heavy (non-hydrogen) atoms. The van der Waals surface area contributed by atoms with E-state index in [0.29, 0.717) is 6.61 Å². The second kappa shape index (κ2) is 6.25. The minimum Gasteiger partial charge on any atom is -0.485 e. The van der Waals surface area contributed by atoms with E-state index in [9.17, 15) is 0 Å². The van der Waals surface area contributed by atoms with Gasteiger partial charge in [0.1, 0.15) is 6.61 Å². The summed E-state index contributed by atoms with van der Waals surface area (Å²) in [6.07, 6.45) is -0.224. The molecule has 3 aromatic rings. The van der Waals surface area contributed by atoms with E-state index in [1.807, 2.05) is 28.8 Å². The van der Waals surface area contributed by atoms with Crippen molar-refractivity contribution >= 4 is 16.3 Å². The molecule has 130 valence electrons. The molecule has 2 aliphatic rings. The molecule has 0 radical (unpaired) electrons. The number of ether oxygens (including phenoxy) is 3. The standard InChI is InChI=1S/C16H17N5O3S/c1-2-4-12-11(3-1)23-10-13(24-12)15-19-21-14(17-18-16(21)25-15)9-20-5-7-22-8-6-20/h1-4,13H,5-10H2/t13-/m1/s1. The van der Waals surface area contributed by atoms with E-state index in [1.54, 1.807) is 0 Å². The molecule has 4 heterocycles. The highest BCUT2D eigenvalue weighted by atomic mass is 32.1. The van der Waals surface area contributed by atoms with Crippen LogP contribution in [-0.4, -0.2) is 57.6 Å². The Kier molecular flexibility index (Phi) is 3.76. The predicted molar refractivity (Wildman–Crippen MR) is 90.1 cm³/mol. The molecule has 5 rings (SSSR count). The Morgan fingerprint density at radius 1 is 1.12 bits per heavy atom. The summed E-state index contributed by atoms with van der Waals surface area (Å²) in [6.45, 7) is 4.50. The molecule has 1 saturated heterocycles. The third kappa shape index (κ3) is 2.84. The fraction of sp³-hybridized carbons (Fsp3) is 0.438. The number of aromatic nitrogens is 4. The van der Waals surface area contributed by atoms with Gasteiger partial charge in [0.05, 0.1) is 19.8 Å². The highest BCUT2D eigenvalue weighted by molar-refractivity contribution is 7.16. The molecule has 0 amide bonds. The molecule has 2 aliphatic heterocycles. The van der Waals surface area contributed by atoms with Crippen LogP contribution >= 0.6 is 11.3 Å². The Morgan fingerprint density at radius 3 is 2.84 bits per heavy atom. The van der Waals surface area contributed by atoms with Crippen LogP contribution in [0.4, 0.5) is 0 Å². The highest BCUT2D eigenvalue weighted by Crippen LogP contribution is 2.36. The van der Waals surface area contributed by atoms with Crippen LogP contribution in [-0.2, 0) is 11.3 Å². The predicted octanol–water partition coefficient (Wildman–Crippen LogP) is 1.53. The fourth-order valence-electron chi connectivity index (χ4n) is 3.00. The first-order chi connectivity index (χ1) is 12.4. The van der Waals surface area contributed by atoms with Gasteiger partial charge in [0.25, 0.3) is 0 Å². The van der Waals surface area contributed by atoms with Crippen LogP contribution in [0.25, 0.3) is 4.96 Å². The Labute approximate surface area is 147 Å². The summed E-state index contributed by atoms with van der Waals surface area (Å²) < 4.78 is 19.0. The Hall–Kier alpha value is -2.23. The third-order valence-electron chi connectivity index (χ3n) is 4.32. The molecule has 1 fully saturated rings. The number of morpholine rings is 1. The first-order valence-corrected chi connectivity index (χ1v) is 9.08. The lowest BCUT2D eigenvalue weighted by Crippen LogP contribution is -2.36. The van der Waals surface area contributed by atoms with Crippen LogP contribution in [0.2, 0.25) is 0 Å². The average molecular weight is 359 g/mol. The van der Waals surface area contributed by atoms with Gasteiger partial charge >= 0.3 is 0 Å². The van der Waals surface area contributed by atoms with E-state index in [0.717, 1.165) is 60.1 Å². The zero-order valence-corrected chi connectivity index (χ0v) is 14.3. The number of benzene rings is 1. The van der Waals surface area contributed by atoms with Gasteiger partial charge in [-0.15, -0.1) is 10.2 Å². The van der Waals surface area contributed by atoms with Crippen LogP contribution in [0, 0.1) is 0 Å². The van der Waals surface area contributed by atoms with Gasteiger partial charge in [-0.1, -0.05) is 23.5 Å². The van der Waals surface area contributed by atoms with Crippen molar-refractivity contribution in [1.82, 2.24) is 24.7 Å². The molecule has 8 nitrogen and oxygen atoms in total. The van der Waals surface area contributed by atoms with E-state index >= 15 is 0 Å². The molecule has 9 heteroatoms. The maximum Gasteiger partial charge on any atom is 0.234 e. The lowest BCUT2D eigenvalue weighted by molar-refractivity contribution is 0.0327. The molecule has 0 saturated carbocycles. The summed E-state index contributed by atoms with van der Waals surface area (Å²) in [5.74, 6) is 2.37. The normalized spacial score (nSPS) is 20.9. The highest BCUT2D eigenvalue weighted by Gasteiger charge is 2.27. The smallest absolute Gasteiger partial charge is 0.234 e. The van der Waals surface area contributed by atoms with E-state index in [2.05, 4.69) is 20.2 Å². The quantitative estimate of drug-likeness (QED) is 0.702. The molecule has 0 bridgehead atoms. The van der Waals surface area contributed by atoms with Crippen LogP contribution in [0.15, 0.2) is 24.3 Å². The zero-order chi connectivity index (χ0) is 16.6. The first-order valence-electron chi connectivity index (χ1n) is 8.26. The van der Waals surface area contributed by atoms with Crippen LogP contribution in [0.5, 0.6) is 11.5 Å². The lowest BCUT2D eigenvalue weighted by Gasteiger charge is -2.25. The Balaban J connectivity index is 1.38. The number of rotatable bonds is 3. The van der Waals surface area contributed by atoms with Crippen molar-refractivity contribution in [3.8, 4) is 11.5 Å². The minimum absolute atomic E-state index is 0.224. The second-order valence-electron chi connectivity index (χ2n) is 6.00. The van der Waals surface area contributed by atoms with Crippen LogP contribution in [0.1, 0.15) is 16.9 Å². The number of para-hydroxylation sites is 2. The molecular formula is C16H17N5O3S. The van der Waals surface area contributed by atoms with Crippen molar-refractivity contribution in [3.63, 3.8) is 0 Å². The number of hydrogen-bond acceptors (Lipinski definition) is 8. The summed E-state index contributed by atoms with van der Waals surface area (Å²) in [7, 11) is 0. The van der Waals surface area contributed by atoms with Crippen molar-refractivity contribution in [2.75, 3.05) is 32.9 Å². The average Bonchev–Trinajstić information content (AvgIpc) is 3.24. The van der Waals surface area contributed by atoms with Gasteiger partial charge < -0.3 is 14.2 Å². The Bertz CT molecular complexity index is 889. The monoisotopic (exact) mass is 359 g/mol. The summed E-state index contributed by atoms with van der Waals surface area (Å²) in [4.78, 5) is 3.08. The summed E-state index contributed by atoms with van der Waals surface area (Å²) in [5, 5.41) is 14.1. The first kappa shape index (κ1) is 15.1. The molecular weight excluding hydrogens is 342 g/mol. The van der Waals surface area contributed by atoms with Crippen LogP contribution < -0.4 is 9.47 Å². The topological polar surface area (TPSA) is 74.0 Å². The maximum atomic E-state index is 6.04. The molecule has 1 atom stereocenters. The fourth-order valence-corrected chi connectivity index (χ4v) is 3.87. The molecule has 0 N–H and O–H groups in total. The number of hydrogen-bond donors (Lipinski definition) is 0. The van der Waals surface area contributed by atoms with E-state index in [-0.39, 0.29) is 6.10 Å². The molecule has 1 aromatic carbocycles. The largest absolute Gasteiger partial charge is 0.485 e. The van der Waals surface area contributed by atoms with Gasteiger partial charge in [0, 0.05) is 13.1 Å². The SMILES string of the molecule is c1ccc2c(c1)OC[C@H](c1nn3c(CN4CCOCC4)nnc3s1)O2. The van der Waals surface area contributed by atoms with Crippen molar-refractivity contribution in [3.05, 3.63) is 35.1 Å². The molecule has 0 aliphatic carbocycles. The van der Waals surface area contributed by atoms with Gasteiger partial charge in [-0.2, -0.15) is 9.61 Å². The lowest BCUT2D eigenvalue weighted by atomic mass is 10.3. The Morgan fingerprint density at radius 2 is 1.96 bits per heavy atom. The maximum absolute atomic E-state index is 6.04. The van der Waals surface area contributed by atoms with E-state index in [4.69, 9.17) is 14.2 Å². The van der Waals surface area contributed by atoms with E-state index in [1.165, 1.54) is 11.3 Å². The van der Waals surface area contributed by atoms with E-state index < -0.39 is 0 Å². The number of fused-ring (bicyclic) bond motifs is 2. The minimum atomic E-state index is -0.224. The van der Waals surface area contributed by atoms with Gasteiger partial charge in [0.15, 0.2) is 28.4 Å². The van der Waals surface area contributed by atoms with Gasteiger partial charge in [-0.25, -0.2) is 0 Å². The van der Waals surface area contributed by atoms with Crippen molar-refractivity contribution < 1.29 is 14.2 Å². The zero-order valence-electron chi connectivity index (χ0n) is 13.5. The van der Waals surface area contributed by atoms with Crippen molar-refractivity contribution in [2.45, 2.75) is 12.6 Å². The van der Waals surface area contributed by atoms with Gasteiger partial charge in [0.2, 0.25) is 4.96 Å². The summed E-state index contributed by atoms with van der Waals surface area (Å²) in [6, 6.07) is 7.68. The molecule has 0 spiro atoms. The van der Waals surface area contributed by atoms with Crippen LogP contribution in [0.3, 0.4) is 0 Å². The molecule has 2 aromatic heterocycles. The van der Waals surface area contributed by atoms with Gasteiger partial charge in [-0.3, -0.25) is 4.90 Å². The van der Waals surface area contributed by atoms with Gasteiger partial charge in [-0.05, 0) is 12.1 Å². The van der Waals surface area contributed by atoms with Crippen molar-refractivity contribution in [1.29, 1.82) is 0 Å². The summed E-state index contributed by atoms with van der Waals surface area (Å²) >= 11 is 1.49. The summed E-state index contributed by atoms with van der Waals surface area (Å²) in [5.41, 5.74) is 0. The van der Waals surface area contributed by atoms with Crippen molar-refractivity contribution in [2.24, 2.45) is 0 Å². The number of nitrogens with zero attached hydrogens (tertiary/aromatic N) is 5. The molecule has 0 unspecified atom stereocenters.